The zero-order valence-corrected chi connectivity index (χ0v) is 16.4. The molecular formula is C20H23F3N4O2. The minimum atomic E-state index is -4.54. The van der Waals surface area contributed by atoms with Gasteiger partial charge in [0.2, 0.25) is 11.8 Å². The average molecular weight is 408 g/mol. The third kappa shape index (κ3) is 3.96. The van der Waals surface area contributed by atoms with Crippen molar-refractivity contribution < 1.29 is 22.6 Å². The van der Waals surface area contributed by atoms with Gasteiger partial charge < -0.3 is 14.4 Å². The fraction of sp³-hybridized carbons (Fsp3) is 0.500. The number of methoxy groups -OCH3 is 1. The van der Waals surface area contributed by atoms with Gasteiger partial charge in [-0.3, -0.25) is 4.90 Å². The number of halogens is 3. The van der Waals surface area contributed by atoms with Crippen LogP contribution in [0.2, 0.25) is 0 Å². The lowest BCUT2D eigenvalue weighted by molar-refractivity contribution is -0.139. The van der Waals surface area contributed by atoms with E-state index in [4.69, 9.17) is 9.47 Å². The zero-order chi connectivity index (χ0) is 20.6. The molecule has 4 rings (SSSR count). The molecule has 156 valence electrons. The molecule has 3 heterocycles. The molecule has 0 N–H and O–H groups in total. The molecule has 1 unspecified atom stereocenters. The first kappa shape index (κ1) is 19.8. The molecule has 0 bridgehead atoms. The lowest BCUT2D eigenvalue weighted by Gasteiger charge is -2.38. The molecular weight excluding hydrogens is 385 g/mol. The highest BCUT2D eigenvalue weighted by Crippen LogP contribution is 2.35. The summed E-state index contributed by atoms with van der Waals surface area (Å²) in [6.45, 7) is 5.66. The summed E-state index contributed by atoms with van der Waals surface area (Å²) >= 11 is 0. The monoisotopic (exact) mass is 408 g/mol. The first-order valence-corrected chi connectivity index (χ1v) is 9.59. The van der Waals surface area contributed by atoms with Gasteiger partial charge in [-0.1, -0.05) is 12.1 Å². The maximum absolute atomic E-state index is 13.0. The number of ether oxygens (including phenoxy) is 2. The number of nitrogens with zero attached hydrogens (tertiary/aromatic N) is 4. The second kappa shape index (κ2) is 7.70. The molecule has 1 saturated heterocycles. The van der Waals surface area contributed by atoms with Crippen LogP contribution in [0.1, 0.15) is 29.7 Å². The van der Waals surface area contributed by atoms with Crippen molar-refractivity contribution in [2.45, 2.75) is 25.6 Å². The van der Waals surface area contributed by atoms with Gasteiger partial charge in [-0.15, -0.1) is 0 Å². The fourth-order valence-corrected chi connectivity index (χ4v) is 3.82. The van der Waals surface area contributed by atoms with Crippen molar-refractivity contribution >= 4 is 5.95 Å². The smallest absolute Gasteiger partial charge is 0.423 e. The average Bonchev–Trinajstić information content (AvgIpc) is 3.20. The van der Waals surface area contributed by atoms with Crippen LogP contribution in [0, 0.1) is 0 Å². The van der Waals surface area contributed by atoms with Crippen molar-refractivity contribution in [1.29, 1.82) is 0 Å². The van der Waals surface area contributed by atoms with Crippen LogP contribution in [0.15, 0.2) is 24.4 Å². The lowest BCUT2D eigenvalue weighted by Crippen LogP contribution is -2.47. The summed E-state index contributed by atoms with van der Waals surface area (Å²) in [5.41, 5.74) is 1.49. The Labute approximate surface area is 167 Å². The topological polar surface area (TPSA) is 50.7 Å². The predicted octanol–water partition coefficient (Wildman–Crippen LogP) is 3.32. The number of hydrogen-bond acceptors (Lipinski definition) is 6. The van der Waals surface area contributed by atoms with Crippen LogP contribution in [-0.2, 0) is 12.6 Å². The molecule has 0 radical (unpaired) electrons. The number of alkyl halides is 3. The number of aromatic nitrogens is 2. The van der Waals surface area contributed by atoms with E-state index in [1.807, 2.05) is 4.90 Å². The van der Waals surface area contributed by atoms with Gasteiger partial charge in [-0.25, -0.2) is 4.98 Å². The highest BCUT2D eigenvalue weighted by Gasteiger charge is 2.36. The molecule has 1 aromatic heterocycles. The van der Waals surface area contributed by atoms with Gasteiger partial charge >= 0.3 is 6.18 Å². The summed E-state index contributed by atoms with van der Waals surface area (Å²) < 4.78 is 49.5. The number of anilines is 1. The third-order valence-electron chi connectivity index (χ3n) is 5.59. The zero-order valence-electron chi connectivity index (χ0n) is 16.4. The first-order chi connectivity index (χ1) is 13.9. The van der Waals surface area contributed by atoms with Crippen LogP contribution in [0.25, 0.3) is 0 Å². The summed E-state index contributed by atoms with van der Waals surface area (Å²) in [5, 5.41) is 0. The van der Waals surface area contributed by atoms with Gasteiger partial charge in [0, 0.05) is 44.8 Å². The Kier molecular flexibility index (Phi) is 5.24. The molecule has 1 atom stereocenters. The summed E-state index contributed by atoms with van der Waals surface area (Å²) in [5.74, 6) is 0.780. The third-order valence-corrected chi connectivity index (χ3v) is 5.59. The van der Waals surface area contributed by atoms with E-state index in [1.54, 1.807) is 0 Å². The van der Waals surface area contributed by atoms with Gasteiger partial charge in [0.05, 0.1) is 13.7 Å². The molecule has 2 aliphatic heterocycles. The van der Waals surface area contributed by atoms with E-state index in [0.717, 1.165) is 38.1 Å². The van der Waals surface area contributed by atoms with Gasteiger partial charge in [0.25, 0.3) is 0 Å². The molecule has 2 aliphatic rings. The normalized spacial score (nSPS) is 18.3. The molecule has 1 fully saturated rings. The summed E-state index contributed by atoms with van der Waals surface area (Å²) in [6.07, 6.45) is -2.79. The molecule has 9 heteroatoms. The number of piperazine rings is 1. The number of hydrogen-bond donors (Lipinski definition) is 0. The fourth-order valence-electron chi connectivity index (χ4n) is 3.82. The van der Waals surface area contributed by atoms with E-state index in [-0.39, 0.29) is 12.0 Å². The van der Waals surface area contributed by atoms with E-state index < -0.39 is 17.6 Å². The predicted molar refractivity (Wildman–Crippen MR) is 101 cm³/mol. The van der Waals surface area contributed by atoms with Crippen molar-refractivity contribution in [3.63, 3.8) is 0 Å². The standard InChI is InChI=1S/C20H23F3N4O2/c1-13(15-4-3-14-5-10-29-17(14)11-15)26-6-8-27(9-7-26)19-24-12-16(20(21,22)23)18(25-19)28-2/h3-4,11-13H,5-10H2,1-2H3. The molecule has 0 saturated carbocycles. The van der Waals surface area contributed by atoms with Crippen molar-refractivity contribution in [3.05, 3.63) is 41.1 Å². The van der Waals surface area contributed by atoms with E-state index in [2.05, 4.69) is 40.0 Å². The molecule has 1 aromatic carbocycles. The van der Waals surface area contributed by atoms with E-state index in [0.29, 0.717) is 13.1 Å². The van der Waals surface area contributed by atoms with Crippen LogP contribution in [0.5, 0.6) is 11.6 Å². The van der Waals surface area contributed by atoms with Crippen molar-refractivity contribution in [2.24, 2.45) is 0 Å². The quantitative estimate of drug-likeness (QED) is 0.774. The van der Waals surface area contributed by atoms with Crippen LogP contribution in [-0.4, -0.2) is 54.8 Å². The second-order valence-corrected chi connectivity index (χ2v) is 7.26. The number of fused-ring (bicyclic) bond motifs is 1. The van der Waals surface area contributed by atoms with Crippen LogP contribution in [0.4, 0.5) is 19.1 Å². The SMILES string of the molecule is COc1nc(N2CCN(C(C)c3ccc4c(c3)OCC4)CC2)ncc1C(F)(F)F. The Morgan fingerprint density at radius 1 is 1.17 bits per heavy atom. The van der Waals surface area contributed by atoms with Gasteiger partial charge in [-0.05, 0) is 24.1 Å². The Morgan fingerprint density at radius 3 is 2.62 bits per heavy atom. The minimum Gasteiger partial charge on any atom is -0.493 e. The lowest BCUT2D eigenvalue weighted by atomic mass is 10.0. The number of rotatable bonds is 4. The van der Waals surface area contributed by atoms with Crippen LogP contribution < -0.4 is 14.4 Å². The summed E-state index contributed by atoms with van der Waals surface area (Å²) in [6, 6.07) is 6.61. The Morgan fingerprint density at radius 2 is 1.93 bits per heavy atom. The molecule has 0 aliphatic carbocycles. The second-order valence-electron chi connectivity index (χ2n) is 7.26. The summed E-state index contributed by atoms with van der Waals surface area (Å²) in [7, 11) is 1.18. The molecule has 0 spiro atoms. The van der Waals surface area contributed by atoms with Crippen LogP contribution in [0.3, 0.4) is 0 Å². The first-order valence-electron chi connectivity index (χ1n) is 9.59. The number of benzene rings is 1. The van der Waals surface area contributed by atoms with Crippen molar-refractivity contribution in [3.8, 4) is 11.6 Å². The Bertz CT molecular complexity index is 883. The molecule has 6 nitrogen and oxygen atoms in total. The van der Waals surface area contributed by atoms with E-state index in [9.17, 15) is 13.2 Å². The maximum Gasteiger partial charge on any atom is 0.423 e. The highest BCUT2D eigenvalue weighted by atomic mass is 19.4. The van der Waals surface area contributed by atoms with Crippen molar-refractivity contribution in [1.82, 2.24) is 14.9 Å². The molecule has 0 amide bonds. The van der Waals surface area contributed by atoms with Gasteiger partial charge in [0.1, 0.15) is 11.3 Å². The molecule has 29 heavy (non-hydrogen) atoms. The Balaban J connectivity index is 1.43. The maximum atomic E-state index is 13.0. The van der Waals surface area contributed by atoms with Crippen molar-refractivity contribution in [2.75, 3.05) is 44.8 Å². The van der Waals surface area contributed by atoms with Crippen LogP contribution >= 0.6 is 0 Å². The minimum absolute atomic E-state index is 0.217. The molecule has 2 aromatic rings. The van der Waals surface area contributed by atoms with Gasteiger partial charge in [0.15, 0.2) is 0 Å². The van der Waals surface area contributed by atoms with E-state index in [1.165, 1.54) is 18.2 Å². The largest absolute Gasteiger partial charge is 0.493 e. The van der Waals surface area contributed by atoms with E-state index >= 15 is 0 Å². The highest BCUT2D eigenvalue weighted by molar-refractivity contribution is 5.41. The summed E-state index contributed by atoms with van der Waals surface area (Å²) in [4.78, 5) is 12.1. The van der Waals surface area contributed by atoms with Gasteiger partial charge in [-0.2, -0.15) is 18.2 Å². The Hall–Kier alpha value is -2.55.